The average Bonchev–Trinajstić information content (AvgIpc) is 2.95. The highest BCUT2D eigenvalue weighted by molar-refractivity contribution is 5.78. The van der Waals surface area contributed by atoms with Crippen molar-refractivity contribution >= 4 is 5.91 Å². The van der Waals surface area contributed by atoms with Crippen LogP contribution in [0.1, 0.15) is 38.7 Å². The normalized spacial score (nSPS) is 19.7. The van der Waals surface area contributed by atoms with Gasteiger partial charge in [-0.1, -0.05) is 20.8 Å². The van der Waals surface area contributed by atoms with E-state index in [2.05, 4.69) is 26.1 Å². The molecule has 0 aliphatic carbocycles. The van der Waals surface area contributed by atoms with Crippen LogP contribution >= 0.6 is 0 Å². The van der Waals surface area contributed by atoms with E-state index in [9.17, 15) is 4.79 Å². The van der Waals surface area contributed by atoms with Crippen molar-refractivity contribution in [3.8, 4) is 0 Å². The van der Waals surface area contributed by atoms with E-state index in [4.69, 9.17) is 4.42 Å². The van der Waals surface area contributed by atoms with Crippen LogP contribution in [0.3, 0.4) is 0 Å². The van der Waals surface area contributed by atoms with Gasteiger partial charge in [0.05, 0.1) is 13.1 Å². The van der Waals surface area contributed by atoms with Crippen molar-refractivity contribution in [3.05, 3.63) is 23.7 Å². The summed E-state index contributed by atoms with van der Waals surface area (Å²) in [5, 5.41) is 3.23. The molecule has 2 rings (SSSR count). The fraction of sp³-hybridized carbons (Fsp3) is 0.667. The van der Waals surface area contributed by atoms with Crippen molar-refractivity contribution in [2.24, 2.45) is 11.8 Å². The topological polar surface area (TPSA) is 45.5 Å². The Morgan fingerprint density at radius 2 is 2.16 bits per heavy atom. The molecule has 0 spiro atoms. The van der Waals surface area contributed by atoms with Crippen LogP contribution < -0.4 is 5.32 Å². The van der Waals surface area contributed by atoms with E-state index in [1.807, 2.05) is 17.0 Å². The SMILES string of the molecule is CCNCc1ccc(CN2CC(C(C)C)CC2=O)o1. The predicted octanol–water partition coefficient (Wildman–Crippen LogP) is 2.39. The van der Waals surface area contributed by atoms with Gasteiger partial charge in [-0.05, 0) is 30.5 Å². The predicted molar refractivity (Wildman–Crippen MR) is 74.5 cm³/mol. The first kappa shape index (κ1) is 14.1. The molecule has 2 heterocycles. The number of amides is 1. The molecular formula is C15H24N2O2. The lowest BCUT2D eigenvalue weighted by Gasteiger charge is -2.16. The lowest BCUT2D eigenvalue weighted by molar-refractivity contribution is -0.128. The third-order valence-electron chi connectivity index (χ3n) is 3.80. The first-order valence-corrected chi connectivity index (χ1v) is 7.16. The van der Waals surface area contributed by atoms with Gasteiger partial charge in [0.15, 0.2) is 0 Å². The lowest BCUT2D eigenvalue weighted by atomic mass is 9.95. The highest BCUT2D eigenvalue weighted by atomic mass is 16.3. The fourth-order valence-electron chi connectivity index (χ4n) is 2.44. The van der Waals surface area contributed by atoms with E-state index in [-0.39, 0.29) is 5.91 Å². The van der Waals surface area contributed by atoms with E-state index < -0.39 is 0 Å². The Hall–Kier alpha value is -1.29. The molecule has 0 bridgehead atoms. The minimum Gasteiger partial charge on any atom is -0.463 e. The van der Waals surface area contributed by atoms with E-state index in [0.29, 0.717) is 24.8 Å². The molecule has 1 saturated heterocycles. The van der Waals surface area contributed by atoms with Gasteiger partial charge in [-0.15, -0.1) is 0 Å². The van der Waals surface area contributed by atoms with Gasteiger partial charge in [0.2, 0.25) is 5.91 Å². The van der Waals surface area contributed by atoms with Crippen LogP contribution in [-0.4, -0.2) is 23.9 Å². The third kappa shape index (κ3) is 3.60. The van der Waals surface area contributed by atoms with Gasteiger partial charge in [-0.2, -0.15) is 0 Å². The zero-order chi connectivity index (χ0) is 13.8. The summed E-state index contributed by atoms with van der Waals surface area (Å²) in [5.74, 6) is 3.12. The summed E-state index contributed by atoms with van der Waals surface area (Å²) >= 11 is 0. The van der Waals surface area contributed by atoms with Gasteiger partial charge >= 0.3 is 0 Å². The van der Waals surface area contributed by atoms with Gasteiger partial charge in [0.25, 0.3) is 0 Å². The van der Waals surface area contributed by atoms with Crippen molar-refractivity contribution in [2.45, 2.75) is 40.3 Å². The molecule has 0 saturated carbocycles. The standard InChI is InChI=1S/C15H24N2O2/c1-4-16-8-13-5-6-14(19-13)10-17-9-12(11(2)3)7-15(17)18/h5-6,11-12,16H,4,7-10H2,1-3H3. The number of rotatable bonds is 6. The molecule has 1 aliphatic heterocycles. The largest absolute Gasteiger partial charge is 0.463 e. The monoisotopic (exact) mass is 264 g/mol. The van der Waals surface area contributed by atoms with Gasteiger partial charge in [-0.25, -0.2) is 0 Å². The summed E-state index contributed by atoms with van der Waals surface area (Å²) in [7, 11) is 0. The number of nitrogens with zero attached hydrogens (tertiary/aromatic N) is 1. The smallest absolute Gasteiger partial charge is 0.223 e. The Labute approximate surface area is 115 Å². The lowest BCUT2D eigenvalue weighted by Crippen LogP contribution is -2.24. The van der Waals surface area contributed by atoms with Gasteiger partial charge in [0, 0.05) is 13.0 Å². The second kappa shape index (κ2) is 6.24. The summed E-state index contributed by atoms with van der Waals surface area (Å²) < 4.78 is 5.74. The number of carbonyl (C=O) groups is 1. The molecule has 19 heavy (non-hydrogen) atoms. The van der Waals surface area contributed by atoms with Crippen LogP contribution in [0.15, 0.2) is 16.5 Å². The Kier molecular flexibility index (Phi) is 4.64. The zero-order valence-corrected chi connectivity index (χ0v) is 12.1. The fourth-order valence-corrected chi connectivity index (χ4v) is 2.44. The maximum absolute atomic E-state index is 11.9. The highest BCUT2D eigenvalue weighted by Gasteiger charge is 2.31. The average molecular weight is 264 g/mol. The van der Waals surface area contributed by atoms with Gasteiger partial charge < -0.3 is 14.6 Å². The molecule has 1 atom stereocenters. The summed E-state index contributed by atoms with van der Waals surface area (Å²) in [5.41, 5.74) is 0. The molecule has 0 aromatic carbocycles. The van der Waals surface area contributed by atoms with Crippen LogP contribution in [0.2, 0.25) is 0 Å². The van der Waals surface area contributed by atoms with Gasteiger partial charge in [0.1, 0.15) is 11.5 Å². The van der Waals surface area contributed by atoms with Crippen LogP contribution in [0.5, 0.6) is 0 Å². The molecule has 4 heteroatoms. The summed E-state index contributed by atoms with van der Waals surface area (Å²) in [4.78, 5) is 13.9. The molecule has 4 nitrogen and oxygen atoms in total. The molecule has 1 aromatic heterocycles. The Morgan fingerprint density at radius 1 is 1.42 bits per heavy atom. The Bertz CT molecular complexity index is 426. The second-order valence-corrected chi connectivity index (χ2v) is 5.63. The van der Waals surface area contributed by atoms with Crippen molar-refractivity contribution in [1.29, 1.82) is 0 Å². The van der Waals surface area contributed by atoms with Gasteiger partial charge in [-0.3, -0.25) is 4.79 Å². The van der Waals surface area contributed by atoms with Crippen molar-refractivity contribution < 1.29 is 9.21 Å². The number of nitrogens with one attached hydrogen (secondary N) is 1. The quantitative estimate of drug-likeness (QED) is 0.858. The van der Waals surface area contributed by atoms with Crippen LogP contribution in [0, 0.1) is 11.8 Å². The van der Waals surface area contributed by atoms with Crippen LogP contribution in [0.4, 0.5) is 0 Å². The van der Waals surface area contributed by atoms with Crippen molar-refractivity contribution in [1.82, 2.24) is 10.2 Å². The summed E-state index contributed by atoms with van der Waals surface area (Å²) in [6.07, 6.45) is 0.683. The maximum atomic E-state index is 11.9. The molecule has 1 N–H and O–H groups in total. The molecule has 1 aromatic rings. The summed E-state index contributed by atoms with van der Waals surface area (Å²) in [6.45, 7) is 9.58. The van der Waals surface area contributed by atoms with E-state index in [1.165, 1.54) is 0 Å². The molecule has 1 unspecified atom stereocenters. The van der Waals surface area contributed by atoms with Crippen LogP contribution in [-0.2, 0) is 17.9 Å². The first-order chi connectivity index (χ1) is 9.10. The minimum absolute atomic E-state index is 0.253. The Balaban J connectivity index is 1.90. The number of carbonyl (C=O) groups excluding carboxylic acids is 1. The molecule has 0 radical (unpaired) electrons. The second-order valence-electron chi connectivity index (χ2n) is 5.63. The Morgan fingerprint density at radius 3 is 2.79 bits per heavy atom. The van der Waals surface area contributed by atoms with Crippen LogP contribution in [0.25, 0.3) is 0 Å². The van der Waals surface area contributed by atoms with Crippen molar-refractivity contribution in [3.63, 3.8) is 0 Å². The molecule has 1 amide bonds. The third-order valence-corrected chi connectivity index (χ3v) is 3.80. The zero-order valence-electron chi connectivity index (χ0n) is 12.1. The molecular weight excluding hydrogens is 240 g/mol. The maximum Gasteiger partial charge on any atom is 0.223 e. The number of likely N-dealkylation sites (tertiary alicyclic amines) is 1. The molecule has 106 valence electrons. The molecule has 1 fully saturated rings. The number of hydrogen-bond donors (Lipinski definition) is 1. The van der Waals surface area contributed by atoms with E-state index in [1.54, 1.807) is 0 Å². The number of hydrogen-bond acceptors (Lipinski definition) is 3. The number of furan rings is 1. The molecule has 1 aliphatic rings. The highest BCUT2D eigenvalue weighted by Crippen LogP contribution is 2.26. The van der Waals surface area contributed by atoms with E-state index >= 15 is 0 Å². The van der Waals surface area contributed by atoms with Crippen molar-refractivity contribution in [2.75, 3.05) is 13.1 Å². The minimum atomic E-state index is 0.253. The first-order valence-electron chi connectivity index (χ1n) is 7.16. The summed E-state index contributed by atoms with van der Waals surface area (Å²) in [6, 6.07) is 3.96. The van der Waals surface area contributed by atoms with E-state index in [0.717, 1.165) is 31.2 Å².